The largest absolute Gasteiger partial charge is 0.505 e. The first-order valence-corrected chi connectivity index (χ1v) is 30.6. The van der Waals surface area contributed by atoms with Gasteiger partial charge in [0.2, 0.25) is 59.1 Å². The highest BCUT2D eigenvalue weighted by atomic mass is 16.5. The Balaban J connectivity index is 1.20. The van der Waals surface area contributed by atoms with Gasteiger partial charge in [0.25, 0.3) is 11.8 Å². The number of fused-ring (bicyclic) bond motifs is 4. The molecule has 12 amide bonds. The van der Waals surface area contributed by atoms with Crippen molar-refractivity contribution < 1.29 is 72.5 Å². The number of pyridine rings is 2. The number of nitrogens with one attached hydrogen (secondary N) is 6. The zero-order valence-electron chi connectivity index (χ0n) is 53.6. The van der Waals surface area contributed by atoms with Crippen LogP contribution in [0.1, 0.15) is 101 Å². The van der Waals surface area contributed by atoms with Crippen LogP contribution in [-0.2, 0) is 52.7 Å². The number of likely N-dealkylation sites (N-methyl/N-ethyl adjacent to an activating group) is 4. The van der Waals surface area contributed by atoms with Crippen molar-refractivity contribution in [2.75, 3.05) is 80.5 Å². The van der Waals surface area contributed by atoms with Gasteiger partial charge in [-0.15, -0.1) is 0 Å². The molecule has 3 saturated heterocycles. The molecule has 0 radical (unpaired) electrons. The number of nitrogens with zero attached hydrogens (tertiary/aromatic N) is 8. The number of hydrogen-bond acceptors (Lipinski definition) is 17. The lowest BCUT2D eigenvalue weighted by Gasteiger charge is -2.38. The van der Waals surface area contributed by atoms with Crippen molar-refractivity contribution in [1.29, 1.82) is 0 Å². The molecule has 5 heterocycles. The Morgan fingerprint density at radius 1 is 0.554 bits per heavy atom. The van der Waals surface area contributed by atoms with Crippen LogP contribution in [0, 0.1) is 5.92 Å². The monoisotopic (exact) mass is 1280 g/mol. The molecule has 3 aliphatic heterocycles. The highest BCUT2D eigenvalue weighted by molar-refractivity contribution is 6.03. The molecule has 0 spiro atoms. The summed E-state index contributed by atoms with van der Waals surface area (Å²) in [6, 6.07) is 7.53. The van der Waals surface area contributed by atoms with Crippen molar-refractivity contribution in [1.82, 2.24) is 71.3 Å². The average molecular weight is 1280 g/mol. The van der Waals surface area contributed by atoms with E-state index in [0.717, 1.165) is 19.6 Å². The molecule has 8 N–H and O–H groups in total. The number of para-hydroxylation sites is 2. The lowest BCUT2D eigenvalue weighted by Crippen LogP contribution is -2.62. The van der Waals surface area contributed by atoms with E-state index in [1.54, 1.807) is 83.1 Å². The van der Waals surface area contributed by atoms with Crippen molar-refractivity contribution >= 4 is 92.7 Å². The first-order chi connectivity index (χ1) is 43.5. The van der Waals surface area contributed by atoms with Gasteiger partial charge in [0.15, 0.2) is 11.4 Å². The molecule has 29 nitrogen and oxygen atoms in total. The lowest BCUT2D eigenvalue weighted by atomic mass is 9.99. The third kappa shape index (κ3) is 17.3. The topological polar surface area (TPSA) is 372 Å². The quantitative estimate of drug-likeness (QED) is 0.118. The van der Waals surface area contributed by atoms with Crippen molar-refractivity contribution in [3.05, 3.63) is 72.1 Å². The predicted molar refractivity (Wildman–Crippen MR) is 334 cm³/mol. The van der Waals surface area contributed by atoms with Crippen LogP contribution in [0.5, 0.6) is 11.5 Å². The van der Waals surface area contributed by atoms with E-state index in [-0.39, 0.29) is 25.9 Å². The lowest BCUT2D eigenvalue weighted by molar-refractivity contribution is -0.152. The van der Waals surface area contributed by atoms with Crippen molar-refractivity contribution in [3.63, 3.8) is 0 Å². The third-order valence-corrected chi connectivity index (χ3v) is 16.4. The molecule has 4 aromatic rings. The van der Waals surface area contributed by atoms with Gasteiger partial charge in [0, 0.05) is 65.1 Å². The van der Waals surface area contributed by atoms with Crippen LogP contribution in [0.15, 0.2) is 60.7 Å². The summed E-state index contributed by atoms with van der Waals surface area (Å²) in [5, 5.41) is 38.7. The molecular formula is C63H84N14O15. The van der Waals surface area contributed by atoms with Crippen LogP contribution in [0.25, 0.3) is 21.8 Å². The van der Waals surface area contributed by atoms with E-state index in [1.165, 1.54) is 57.0 Å². The summed E-state index contributed by atoms with van der Waals surface area (Å²) in [6.07, 6.45) is 0.900. The number of piperidine rings is 2. The molecule has 496 valence electrons. The Labute approximate surface area is 532 Å². The van der Waals surface area contributed by atoms with Crippen LogP contribution in [-0.4, -0.2) is 249 Å². The summed E-state index contributed by atoms with van der Waals surface area (Å²) >= 11 is 0. The fourth-order valence-corrected chi connectivity index (χ4v) is 11.5. The molecule has 0 unspecified atom stereocenters. The number of hydrogen-bond donors (Lipinski definition) is 8. The number of rotatable bonds is 7. The summed E-state index contributed by atoms with van der Waals surface area (Å²) in [7, 11) is 5.23. The highest BCUT2D eigenvalue weighted by Crippen LogP contribution is 2.26. The van der Waals surface area contributed by atoms with Gasteiger partial charge in [-0.25, -0.2) is 9.97 Å². The van der Waals surface area contributed by atoms with E-state index in [2.05, 4.69) is 41.9 Å². The van der Waals surface area contributed by atoms with Gasteiger partial charge in [-0.1, -0.05) is 50.2 Å². The van der Waals surface area contributed by atoms with Gasteiger partial charge in [0.1, 0.15) is 47.8 Å². The fourth-order valence-electron chi connectivity index (χ4n) is 11.5. The minimum absolute atomic E-state index is 0.00273. The zero-order valence-corrected chi connectivity index (χ0v) is 53.6. The Morgan fingerprint density at radius 2 is 0.946 bits per heavy atom. The first-order valence-electron chi connectivity index (χ1n) is 30.6. The SMILES string of the molecule is CC(C)[C@H]1C(=O)NC[C@@H](NC(=O)c2nc3ccccc3cc2O)C(=O)N2CCCC[C@H]2C(=O)NCC(=O)N(C)CC(=O)N(C)[C@@H]([C@@H](C)OC(C)(C)C)C(=O)NC[C@@H](NC(=O)c2nc3ccccc3cc2O)C(=O)N2CCCC[C@H]2C(=O)NCC(=O)N(C)CC(=O)N1C. The molecular weight excluding hydrogens is 1190 g/mol. The Kier molecular flexibility index (Phi) is 23.2. The number of ether oxygens (including phenoxy) is 1. The normalized spacial score (nSPS) is 23.0. The molecule has 0 bridgehead atoms. The predicted octanol–water partition coefficient (Wildman–Crippen LogP) is -0.238. The van der Waals surface area contributed by atoms with E-state index in [1.807, 2.05) is 0 Å². The van der Waals surface area contributed by atoms with E-state index in [4.69, 9.17) is 4.74 Å². The number of amides is 12. The molecule has 29 heteroatoms. The third-order valence-electron chi connectivity index (χ3n) is 16.4. The van der Waals surface area contributed by atoms with Crippen LogP contribution in [0.2, 0.25) is 0 Å². The van der Waals surface area contributed by atoms with Crippen LogP contribution in [0.4, 0.5) is 0 Å². The summed E-state index contributed by atoms with van der Waals surface area (Å²) in [4.78, 5) is 187. The molecule has 92 heavy (non-hydrogen) atoms. The van der Waals surface area contributed by atoms with E-state index < -0.39 is 187 Å². The Morgan fingerprint density at radius 3 is 1.35 bits per heavy atom. The fraction of sp³-hybridized carbons (Fsp3) is 0.524. The number of aromatic hydroxyl groups is 2. The van der Waals surface area contributed by atoms with Crippen LogP contribution < -0.4 is 31.9 Å². The maximum Gasteiger partial charge on any atom is 0.274 e. The number of carbonyl (C=O) groups excluding carboxylic acids is 12. The second-order valence-electron chi connectivity index (χ2n) is 24.7. The Bertz CT molecular complexity index is 3480. The van der Waals surface area contributed by atoms with Gasteiger partial charge >= 0.3 is 0 Å². The first kappa shape index (κ1) is 69.9. The molecule has 0 aliphatic carbocycles. The smallest absolute Gasteiger partial charge is 0.274 e. The molecule has 2 aromatic heterocycles. The minimum atomic E-state index is -1.66. The van der Waals surface area contributed by atoms with Gasteiger partial charge in [-0.2, -0.15) is 0 Å². The van der Waals surface area contributed by atoms with Crippen molar-refractivity contribution in [2.45, 2.75) is 128 Å². The zero-order chi connectivity index (χ0) is 67.5. The van der Waals surface area contributed by atoms with Gasteiger partial charge in [0.05, 0.1) is 48.9 Å². The molecule has 7 atom stereocenters. The van der Waals surface area contributed by atoms with Crippen LogP contribution >= 0.6 is 0 Å². The number of aromatic nitrogens is 2. The summed E-state index contributed by atoms with van der Waals surface area (Å²) in [5.41, 5.74) is -1.12. The maximum absolute atomic E-state index is 15.0. The minimum Gasteiger partial charge on any atom is -0.505 e. The summed E-state index contributed by atoms with van der Waals surface area (Å²) in [5.74, 6) is -11.5. The van der Waals surface area contributed by atoms with E-state index in [0.29, 0.717) is 47.5 Å². The molecule has 0 saturated carbocycles. The van der Waals surface area contributed by atoms with Gasteiger partial charge < -0.3 is 76.3 Å². The average Bonchev–Trinajstić information content (AvgIpc) is 0.855. The van der Waals surface area contributed by atoms with Crippen LogP contribution in [0.3, 0.4) is 0 Å². The second-order valence-corrected chi connectivity index (χ2v) is 24.7. The van der Waals surface area contributed by atoms with Gasteiger partial charge in [-0.05, 0) is 96.4 Å². The van der Waals surface area contributed by atoms with Gasteiger partial charge in [-0.3, -0.25) is 57.5 Å². The van der Waals surface area contributed by atoms with E-state index in [9.17, 15) is 67.7 Å². The molecule has 3 aliphatic rings. The maximum atomic E-state index is 15.0. The summed E-state index contributed by atoms with van der Waals surface area (Å²) in [6.45, 7) is 6.19. The van der Waals surface area contributed by atoms with E-state index >= 15 is 0 Å². The van der Waals surface area contributed by atoms with Crippen molar-refractivity contribution in [2.24, 2.45) is 5.92 Å². The number of benzene rings is 2. The summed E-state index contributed by atoms with van der Waals surface area (Å²) < 4.78 is 6.21. The second kappa shape index (κ2) is 30.5. The number of carbonyl (C=O) groups is 12. The standard InChI is InChI=1S/C63H84N14O15/c1-35(2)53-59(88)64-29-41(70-57(86)51-45(78)27-37-19-11-13-21-39(37)68-51)61(90)76-25-17-15-23-43(76)55(84)67-32-48(81)73(8)34-50(83)75(10)54(36(3)92-63(4,5)6)60(89)65-30-42(71-58(87)52-46(79)28-38-20-12-14-22-40(38)69-52)62(91)77-26-18-16-24-44(77)56(85)66-31-47(80)72(7)33-49(82)74(53)9/h11-14,19-22,27-28,35-36,41-44,53-54,78-79H,15-18,23-26,29-34H2,1-10H3,(H,64,88)(H,65,89)(H,66,85)(H,67,84)(H,70,86)(H,71,87)/t36-,41-,42-,43+,44+,53+,54+/m1/s1. The molecule has 3 fully saturated rings. The molecule has 7 rings (SSSR count). The highest BCUT2D eigenvalue weighted by Gasteiger charge is 2.42. The molecule has 2 aromatic carbocycles. The Hall–Kier alpha value is -9.54. The van der Waals surface area contributed by atoms with Crippen molar-refractivity contribution in [3.8, 4) is 11.5 Å².